The number of likely N-dealkylation sites (tertiary alicyclic amines) is 1. The number of nitrogens with zero attached hydrogens (tertiary/aromatic N) is 2. The van der Waals surface area contributed by atoms with E-state index in [4.69, 9.17) is 10.6 Å². The zero-order valence-corrected chi connectivity index (χ0v) is 19.6. The zero-order chi connectivity index (χ0) is 25.4. The molecule has 1 aliphatic rings. The van der Waals surface area contributed by atoms with Gasteiger partial charge in [-0.1, -0.05) is 31.2 Å². The molecule has 2 aromatic carbocycles. The van der Waals surface area contributed by atoms with Gasteiger partial charge in [-0.05, 0) is 43.0 Å². The van der Waals surface area contributed by atoms with Gasteiger partial charge >= 0.3 is 0 Å². The number of hydrogen-bond acceptors (Lipinski definition) is 5. The minimum Gasteiger partial charge on any atom is -0.351 e. The lowest BCUT2D eigenvalue weighted by Crippen LogP contribution is -2.53. The van der Waals surface area contributed by atoms with Crippen LogP contribution in [0.2, 0.25) is 0 Å². The van der Waals surface area contributed by atoms with E-state index in [1.165, 1.54) is 12.1 Å². The Morgan fingerprint density at radius 3 is 2.46 bits per heavy atom. The number of nitrogens with one attached hydrogen (secondary N) is 1. The maximum Gasteiger partial charge on any atom is 0.238 e. The van der Waals surface area contributed by atoms with Gasteiger partial charge in [0.2, 0.25) is 18.2 Å². The van der Waals surface area contributed by atoms with Crippen LogP contribution >= 0.6 is 0 Å². The van der Waals surface area contributed by atoms with E-state index in [-0.39, 0.29) is 57.1 Å². The summed E-state index contributed by atoms with van der Waals surface area (Å²) in [6.45, 7) is 2.06. The third-order valence-corrected chi connectivity index (χ3v) is 6.38. The number of carbonyl (C=O) groups excluding carboxylic acids is 3. The van der Waals surface area contributed by atoms with Crippen molar-refractivity contribution in [2.75, 3.05) is 31.3 Å². The monoisotopic (exact) mass is 488 g/mol. The summed E-state index contributed by atoms with van der Waals surface area (Å²) in [5.74, 6) is -2.69. The summed E-state index contributed by atoms with van der Waals surface area (Å²) in [5.41, 5.74) is 5.98. The highest BCUT2D eigenvalue weighted by Crippen LogP contribution is 2.33. The first-order valence-electron chi connectivity index (χ1n) is 11.5. The van der Waals surface area contributed by atoms with Gasteiger partial charge in [0.15, 0.2) is 11.6 Å². The molecule has 0 spiro atoms. The fourth-order valence-electron chi connectivity index (χ4n) is 4.04. The molecule has 0 aliphatic carbocycles. The number of aryl methyl sites for hydroxylation is 1. The second-order valence-corrected chi connectivity index (χ2v) is 8.49. The summed E-state index contributed by atoms with van der Waals surface area (Å²) in [6, 6.07) is 11.0. The summed E-state index contributed by atoms with van der Waals surface area (Å²) in [6.07, 6.45) is 1.85. The fraction of sp³-hybridized carbons (Fsp3) is 0.400. The first-order valence-corrected chi connectivity index (χ1v) is 11.5. The predicted octanol–water partition coefficient (Wildman–Crippen LogP) is 2.31. The van der Waals surface area contributed by atoms with E-state index in [0.717, 1.165) is 23.1 Å². The maximum atomic E-state index is 14.1. The highest BCUT2D eigenvalue weighted by Gasteiger charge is 2.43. The molecule has 188 valence electrons. The molecular formula is C25H30F2N4O4. The standard InChI is InChI=1S/C25H30F2N4O4/c1-2-18-6-8-20(9-7-18)31(17-32)35-16-25(10-12-30(13-11-25)22(33)14-28)24(34)29-15-19-4-3-5-21(26)23(19)27/h3-9,17H,2,10-16,28H2,1H3,(H,29,34). The van der Waals surface area contributed by atoms with Gasteiger partial charge in [0, 0.05) is 25.2 Å². The van der Waals surface area contributed by atoms with Crippen molar-refractivity contribution in [1.82, 2.24) is 10.2 Å². The van der Waals surface area contributed by atoms with Gasteiger partial charge in [-0.3, -0.25) is 19.2 Å². The van der Waals surface area contributed by atoms with Gasteiger partial charge in [-0.15, -0.1) is 0 Å². The average molecular weight is 489 g/mol. The molecule has 1 saturated heterocycles. The largest absolute Gasteiger partial charge is 0.351 e. The smallest absolute Gasteiger partial charge is 0.238 e. The highest BCUT2D eigenvalue weighted by molar-refractivity contribution is 5.84. The van der Waals surface area contributed by atoms with E-state index >= 15 is 0 Å². The molecule has 8 nitrogen and oxygen atoms in total. The molecule has 1 fully saturated rings. The molecule has 1 aliphatic heterocycles. The lowest BCUT2D eigenvalue weighted by atomic mass is 9.78. The summed E-state index contributed by atoms with van der Waals surface area (Å²) >= 11 is 0. The van der Waals surface area contributed by atoms with Crippen LogP contribution in [0, 0.1) is 17.0 Å². The Hall–Kier alpha value is -3.37. The van der Waals surface area contributed by atoms with Crippen molar-refractivity contribution >= 4 is 23.9 Å². The predicted molar refractivity (Wildman–Crippen MR) is 126 cm³/mol. The maximum absolute atomic E-state index is 14.1. The second kappa shape index (κ2) is 11.9. The number of rotatable bonds is 10. The third kappa shape index (κ3) is 6.20. The average Bonchev–Trinajstić information content (AvgIpc) is 2.89. The molecule has 0 atom stereocenters. The molecule has 0 unspecified atom stereocenters. The molecule has 3 amide bonds. The molecular weight excluding hydrogens is 458 g/mol. The van der Waals surface area contributed by atoms with Crippen LogP contribution in [0.15, 0.2) is 42.5 Å². The second-order valence-electron chi connectivity index (χ2n) is 8.49. The van der Waals surface area contributed by atoms with Crippen molar-refractivity contribution in [2.24, 2.45) is 11.1 Å². The van der Waals surface area contributed by atoms with Crippen molar-refractivity contribution < 1.29 is 28.0 Å². The molecule has 0 radical (unpaired) electrons. The van der Waals surface area contributed by atoms with Crippen LogP contribution in [-0.4, -0.2) is 49.4 Å². The van der Waals surface area contributed by atoms with Crippen LogP contribution in [-0.2, 0) is 32.2 Å². The topological polar surface area (TPSA) is 105 Å². The third-order valence-electron chi connectivity index (χ3n) is 6.38. The number of hydroxylamine groups is 1. The molecule has 2 aromatic rings. The Morgan fingerprint density at radius 1 is 1.17 bits per heavy atom. The van der Waals surface area contributed by atoms with E-state index in [1.807, 2.05) is 19.1 Å². The molecule has 0 saturated carbocycles. The van der Waals surface area contributed by atoms with Crippen molar-refractivity contribution in [1.29, 1.82) is 0 Å². The number of carbonyl (C=O) groups is 3. The number of nitrogens with two attached hydrogens (primary N) is 1. The number of piperidine rings is 1. The lowest BCUT2D eigenvalue weighted by molar-refractivity contribution is -0.145. The number of anilines is 1. The van der Waals surface area contributed by atoms with Crippen LogP contribution in [0.1, 0.15) is 30.9 Å². The Bertz CT molecular complexity index is 1040. The zero-order valence-electron chi connectivity index (χ0n) is 19.6. The van der Waals surface area contributed by atoms with Crippen LogP contribution in [0.25, 0.3) is 0 Å². The van der Waals surface area contributed by atoms with Gasteiger partial charge in [0.25, 0.3) is 0 Å². The van der Waals surface area contributed by atoms with E-state index in [9.17, 15) is 23.2 Å². The van der Waals surface area contributed by atoms with Crippen molar-refractivity contribution in [3.05, 3.63) is 65.2 Å². The normalized spacial score (nSPS) is 14.9. The first-order chi connectivity index (χ1) is 16.8. The quantitative estimate of drug-likeness (QED) is 0.395. The van der Waals surface area contributed by atoms with E-state index in [0.29, 0.717) is 12.1 Å². The van der Waals surface area contributed by atoms with Crippen LogP contribution in [0.4, 0.5) is 14.5 Å². The minimum absolute atomic E-state index is 0.00990. The van der Waals surface area contributed by atoms with Crippen LogP contribution in [0.5, 0.6) is 0 Å². The van der Waals surface area contributed by atoms with Gasteiger partial charge in [0.05, 0.1) is 24.3 Å². The van der Waals surface area contributed by atoms with E-state index in [1.54, 1.807) is 17.0 Å². The molecule has 0 bridgehead atoms. The SMILES string of the molecule is CCc1ccc(N(C=O)OCC2(C(=O)NCc3cccc(F)c3F)CCN(C(=O)CN)CC2)cc1. The van der Waals surface area contributed by atoms with Gasteiger partial charge in [0.1, 0.15) is 0 Å². The van der Waals surface area contributed by atoms with Crippen molar-refractivity contribution in [3.63, 3.8) is 0 Å². The van der Waals surface area contributed by atoms with Crippen molar-refractivity contribution in [3.8, 4) is 0 Å². The summed E-state index contributed by atoms with van der Waals surface area (Å²) in [4.78, 5) is 44.4. The van der Waals surface area contributed by atoms with Gasteiger partial charge in [-0.2, -0.15) is 5.06 Å². The minimum atomic E-state index is -1.10. The number of amides is 3. The molecule has 1 heterocycles. The van der Waals surface area contributed by atoms with Crippen LogP contribution in [0.3, 0.4) is 0 Å². The number of benzene rings is 2. The summed E-state index contributed by atoms with van der Waals surface area (Å²) in [5, 5.41) is 3.73. The summed E-state index contributed by atoms with van der Waals surface area (Å²) in [7, 11) is 0. The summed E-state index contributed by atoms with van der Waals surface area (Å²) < 4.78 is 27.6. The van der Waals surface area contributed by atoms with Crippen LogP contribution < -0.4 is 16.1 Å². The lowest BCUT2D eigenvalue weighted by Gasteiger charge is -2.40. The van der Waals surface area contributed by atoms with E-state index in [2.05, 4.69) is 5.32 Å². The highest BCUT2D eigenvalue weighted by atomic mass is 19.2. The fourth-order valence-corrected chi connectivity index (χ4v) is 4.04. The molecule has 0 aromatic heterocycles. The number of halogens is 2. The molecule has 3 N–H and O–H groups in total. The Kier molecular flexibility index (Phi) is 8.89. The van der Waals surface area contributed by atoms with Gasteiger partial charge in [-0.25, -0.2) is 8.78 Å². The molecule has 35 heavy (non-hydrogen) atoms. The Labute approximate surface area is 203 Å². The van der Waals surface area contributed by atoms with E-state index < -0.39 is 23.0 Å². The molecule has 10 heteroatoms. The van der Waals surface area contributed by atoms with Gasteiger partial charge < -0.3 is 16.0 Å². The Balaban J connectivity index is 1.75. The van der Waals surface area contributed by atoms with Crippen molar-refractivity contribution in [2.45, 2.75) is 32.7 Å². The first kappa shape index (κ1) is 26.2. The molecule has 3 rings (SSSR count). The number of hydrogen-bond donors (Lipinski definition) is 2. The Morgan fingerprint density at radius 2 is 1.86 bits per heavy atom.